The minimum atomic E-state index is -1.83. The molecule has 0 heterocycles. The van der Waals surface area contributed by atoms with Gasteiger partial charge in [-0.05, 0) is 0 Å². The molecule has 0 aliphatic carbocycles. The van der Waals surface area contributed by atoms with Gasteiger partial charge in [-0.2, -0.15) is 0 Å². The van der Waals surface area contributed by atoms with Gasteiger partial charge in [0.1, 0.15) is 0 Å². The molecule has 0 radical (unpaired) electrons. The zero-order valence-electron chi connectivity index (χ0n) is 3.80. The summed E-state index contributed by atoms with van der Waals surface area (Å²) in [4.78, 5) is 8.56. The second kappa shape index (κ2) is 45.0. The van der Waals surface area contributed by atoms with Crippen LogP contribution in [0.2, 0.25) is 0 Å². The van der Waals surface area contributed by atoms with Gasteiger partial charge in [0.05, 0.1) is 0 Å². The summed E-state index contributed by atoms with van der Waals surface area (Å²) in [7, 11) is 0. The van der Waals surface area contributed by atoms with E-state index < -0.39 is 6.16 Å². The summed E-state index contributed by atoms with van der Waals surface area (Å²) in [5, 5.41) is 13.9. The fraction of sp³-hybridized carbons (Fsp3) is 0. The van der Waals surface area contributed by atoms with E-state index >= 15 is 0 Å². The Labute approximate surface area is 66.7 Å². The van der Waals surface area contributed by atoms with Gasteiger partial charge in [0, 0.05) is 0 Å². The molecule has 0 atom stereocenters. The van der Waals surface area contributed by atoms with Crippen LogP contribution in [0, 0.1) is 0 Å². The first kappa shape index (κ1) is 66.6. The van der Waals surface area contributed by atoms with Gasteiger partial charge in [0.15, 0.2) is 0 Å². The third-order valence-electron chi connectivity index (χ3n) is 0. The third-order valence-corrected chi connectivity index (χ3v) is 0. The Morgan fingerprint density at radius 2 is 0.889 bits per heavy atom. The molecule has 10 N–H and O–H groups in total. The van der Waals surface area contributed by atoms with Crippen molar-refractivity contribution in [3.63, 3.8) is 0 Å². The maximum Gasteiger partial charge on any atom is 0.503 e. The van der Waals surface area contributed by atoms with Crippen molar-refractivity contribution in [3.05, 3.63) is 0 Å². The molecule has 0 aliphatic rings. The van der Waals surface area contributed by atoms with Crippen LogP contribution >= 0.6 is 0 Å². The molecule has 0 rings (SSSR count). The van der Waals surface area contributed by atoms with Crippen LogP contribution in [0.1, 0.15) is 0 Å². The minimum Gasteiger partial charge on any atom is -0.450 e. The van der Waals surface area contributed by atoms with Crippen molar-refractivity contribution in [3.8, 4) is 0 Å². The van der Waals surface area contributed by atoms with Gasteiger partial charge < -0.3 is 32.1 Å². The van der Waals surface area contributed by atoms with Gasteiger partial charge in [-0.1, -0.05) is 0 Å². The van der Waals surface area contributed by atoms with Crippen molar-refractivity contribution in [2.45, 2.75) is 0 Å². The Morgan fingerprint density at radius 1 is 0.889 bits per heavy atom. The molecule has 60 valence electrons. The van der Waals surface area contributed by atoms with Crippen molar-refractivity contribution in [1.29, 1.82) is 0 Å². The number of carbonyl (C=O) groups is 1. The largest absolute Gasteiger partial charge is 0.503 e. The van der Waals surface area contributed by atoms with E-state index in [1.165, 1.54) is 0 Å². The molecule has 0 unspecified atom stereocenters. The van der Waals surface area contributed by atoms with Crippen molar-refractivity contribution in [2.24, 2.45) is 0 Å². The molecule has 0 amide bonds. The molecule has 0 aromatic carbocycles. The van der Waals surface area contributed by atoms with E-state index in [1.807, 2.05) is 0 Å². The lowest BCUT2D eigenvalue weighted by Crippen LogP contribution is -1.81. The highest BCUT2D eigenvalue weighted by Gasteiger charge is 1.70. The van der Waals surface area contributed by atoms with E-state index in [2.05, 4.69) is 0 Å². The quantitative estimate of drug-likeness (QED) is 0.343. The Balaban J connectivity index is -0.00000000450. The molecule has 0 saturated carbocycles. The molecular formula is CH12MgO7. The van der Waals surface area contributed by atoms with E-state index in [0.717, 1.165) is 0 Å². The van der Waals surface area contributed by atoms with Gasteiger partial charge in [-0.15, -0.1) is 0 Å². The van der Waals surface area contributed by atoms with Crippen LogP contribution in [0.4, 0.5) is 4.79 Å². The lowest BCUT2D eigenvalue weighted by Gasteiger charge is -1.60. The van der Waals surface area contributed by atoms with E-state index in [1.54, 1.807) is 0 Å². The highest BCUT2D eigenvalue weighted by molar-refractivity contribution is 5.75. The molecule has 0 aliphatic heterocycles. The molecule has 0 aromatic heterocycles. The first-order valence-electron chi connectivity index (χ1n) is 0.651. The number of hydrogen-bond donors (Lipinski definition) is 2. The van der Waals surface area contributed by atoms with E-state index in [9.17, 15) is 0 Å². The van der Waals surface area contributed by atoms with Crippen molar-refractivity contribution in [1.82, 2.24) is 0 Å². The molecule has 0 fully saturated rings. The summed E-state index contributed by atoms with van der Waals surface area (Å²) >= 11 is 0. The first-order chi connectivity index (χ1) is 1.73. The van der Waals surface area contributed by atoms with Gasteiger partial charge >= 0.3 is 29.2 Å². The number of hydrogen-bond acceptors (Lipinski definition) is 1. The van der Waals surface area contributed by atoms with Crippen molar-refractivity contribution >= 4 is 29.2 Å². The van der Waals surface area contributed by atoms with Gasteiger partial charge in [-0.3, -0.25) is 0 Å². The van der Waals surface area contributed by atoms with Crippen LogP contribution in [-0.4, -0.2) is 61.3 Å². The Hall–Kier alpha value is -0.124. The van der Waals surface area contributed by atoms with Gasteiger partial charge in [0.2, 0.25) is 0 Å². The minimum absolute atomic E-state index is 0. The Kier molecular flexibility index (Phi) is 333. The molecule has 8 heteroatoms. The Morgan fingerprint density at radius 3 is 0.889 bits per heavy atom. The van der Waals surface area contributed by atoms with Crippen LogP contribution in [0.25, 0.3) is 0 Å². The normalized spacial score (nSPS) is 2.67. The molecule has 7 nitrogen and oxygen atoms in total. The fourth-order valence-electron chi connectivity index (χ4n) is 0. The first-order valence-corrected chi connectivity index (χ1v) is 0.651. The van der Waals surface area contributed by atoms with Crippen molar-refractivity contribution < 1.29 is 36.9 Å². The average Bonchev–Trinajstić information content (AvgIpc) is 0.811. The summed E-state index contributed by atoms with van der Waals surface area (Å²) in [5.41, 5.74) is 0. The fourth-order valence-corrected chi connectivity index (χ4v) is 0. The summed E-state index contributed by atoms with van der Waals surface area (Å²) in [6.45, 7) is 0. The lowest BCUT2D eigenvalue weighted by atomic mass is 11.5. The highest BCUT2D eigenvalue weighted by Crippen LogP contribution is 1.42. The van der Waals surface area contributed by atoms with Crippen molar-refractivity contribution in [2.75, 3.05) is 0 Å². The predicted octanol–water partition coefficient (Wildman–Crippen LogP) is -3.99. The third kappa shape index (κ3) is 17800. The Bertz CT molecular complexity index is 31.9. The number of carboxylic acid groups (broad SMARTS) is 2. The molecule has 0 aromatic rings. The molecule has 0 spiro atoms. The second-order valence-electron chi connectivity index (χ2n) is 0.283. The smallest absolute Gasteiger partial charge is 0.450 e. The molecule has 0 bridgehead atoms. The van der Waals surface area contributed by atoms with Gasteiger partial charge in [-0.25, -0.2) is 4.79 Å². The monoisotopic (exact) mass is 160 g/mol. The van der Waals surface area contributed by atoms with E-state index in [-0.39, 0.29) is 45.0 Å². The maximum atomic E-state index is 8.56. The molecule has 9 heavy (non-hydrogen) atoms. The topological polar surface area (TPSA) is 184 Å². The molecule has 0 saturated heterocycles. The average molecular weight is 160 g/mol. The number of rotatable bonds is 0. The van der Waals surface area contributed by atoms with Crippen LogP contribution in [-0.2, 0) is 0 Å². The van der Waals surface area contributed by atoms with E-state index in [4.69, 9.17) is 15.0 Å². The lowest BCUT2D eigenvalue weighted by molar-refractivity contribution is 0.137. The highest BCUT2D eigenvalue weighted by atomic mass is 24.3. The molecular weight excluding hydrogens is 148 g/mol. The summed E-state index contributed by atoms with van der Waals surface area (Å²) in [6.07, 6.45) is -1.83. The summed E-state index contributed by atoms with van der Waals surface area (Å²) < 4.78 is 0. The second-order valence-corrected chi connectivity index (χ2v) is 0.283. The standard InChI is InChI=1S/CH2O3.Mg.4H2O.2H/c2-1(3)4;;;;;;;/h(H2,2,3,4);;4*1H2;;. The van der Waals surface area contributed by atoms with Crippen LogP contribution < -0.4 is 0 Å². The van der Waals surface area contributed by atoms with Gasteiger partial charge in [0.25, 0.3) is 0 Å². The van der Waals surface area contributed by atoms with E-state index in [0.29, 0.717) is 0 Å². The van der Waals surface area contributed by atoms with Crippen LogP contribution in [0.15, 0.2) is 0 Å². The zero-order valence-corrected chi connectivity index (χ0v) is 3.80. The SMILES string of the molecule is O.O.O.O.O=C(O)O.[MgH2]. The summed E-state index contributed by atoms with van der Waals surface area (Å²) in [5.74, 6) is 0. The zero-order chi connectivity index (χ0) is 3.58. The summed E-state index contributed by atoms with van der Waals surface area (Å²) in [6, 6.07) is 0. The predicted molar refractivity (Wildman–Crippen MR) is 33.7 cm³/mol. The van der Waals surface area contributed by atoms with Crippen LogP contribution in [0.5, 0.6) is 0 Å². The maximum absolute atomic E-state index is 8.56. The van der Waals surface area contributed by atoms with Crippen LogP contribution in [0.3, 0.4) is 0 Å².